The molecule has 4 aromatic rings. The number of rotatable bonds is 13. The van der Waals surface area contributed by atoms with Crippen LogP contribution in [-0.2, 0) is 38.8 Å². The maximum Gasteiger partial charge on any atom is 0.137 e. The number of hydrogen-bond donors (Lipinski definition) is 0. The number of thioether (sulfide) groups is 1. The molecule has 1 aliphatic heterocycles. The van der Waals surface area contributed by atoms with Crippen molar-refractivity contribution in [2.45, 2.75) is 55.4 Å². The maximum absolute atomic E-state index is 6.64. The fourth-order valence-corrected chi connectivity index (χ4v) is 5.72. The number of benzene rings is 4. The quantitative estimate of drug-likeness (QED) is 0.173. The van der Waals surface area contributed by atoms with Gasteiger partial charge in [-0.2, -0.15) is 0 Å². The molecule has 1 aliphatic rings. The van der Waals surface area contributed by atoms with Crippen molar-refractivity contribution in [2.75, 3.05) is 13.7 Å². The first kappa shape index (κ1) is 28.4. The van der Waals surface area contributed by atoms with E-state index in [4.69, 9.17) is 23.7 Å². The van der Waals surface area contributed by atoms with Crippen LogP contribution >= 0.6 is 11.8 Å². The van der Waals surface area contributed by atoms with Gasteiger partial charge in [0, 0.05) is 4.90 Å². The number of ether oxygens (including phenoxy) is 5. The smallest absolute Gasteiger partial charge is 0.137 e. The summed E-state index contributed by atoms with van der Waals surface area (Å²) in [5.74, 6) is 0.826. The first-order chi connectivity index (χ1) is 19.7. The van der Waals surface area contributed by atoms with Crippen LogP contribution < -0.4 is 4.74 Å². The Morgan fingerprint density at radius 1 is 0.650 bits per heavy atom. The van der Waals surface area contributed by atoms with E-state index < -0.39 is 0 Å². The first-order valence-corrected chi connectivity index (χ1v) is 14.5. The summed E-state index contributed by atoms with van der Waals surface area (Å²) in [5.41, 5.74) is 4.27. The summed E-state index contributed by atoms with van der Waals surface area (Å²) < 4.78 is 31.2. The Balaban J connectivity index is 1.33. The van der Waals surface area contributed by atoms with E-state index in [-0.39, 0.29) is 23.7 Å². The molecule has 0 amide bonds. The van der Waals surface area contributed by atoms with E-state index in [9.17, 15) is 0 Å². The van der Waals surface area contributed by atoms with E-state index in [1.807, 2.05) is 60.7 Å². The normalized spacial score (nSPS) is 20.4. The molecular weight excluding hydrogens is 520 g/mol. The molecule has 1 fully saturated rings. The maximum atomic E-state index is 6.64. The molecule has 0 unspecified atom stereocenters. The molecule has 5 nitrogen and oxygen atoms in total. The van der Waals surface area contributed by atoms with Gasteiger partial charge in [-0.15, -0.1) is 0 Å². The highest BCUT2D eigenvalue weighted by molar-refractivity contribution is 7.99. The molecule has 0 aromatic heterocycles. The van der Waals surface area contributed by atoms with Crippen LogP contribution in [-0.4, -0.2) is 37.5 Å². The second kappa shape index (κ2) is 14.5. The monoisotopic (exact) mass is 556 g/mol. The van der Waals surface area contributed by atoms with Gasteiger partial charge in [-0.3, -0.25) is 0 Å². The molecule has 0 aliphatic carbocycles. The summed E-state index contributed by atoms with van der Waals surface area (Å²) in [6.07, 6.45) is -0.877. The van der Waals surface area contributed by atoms with Crippen molar-refractivity contribution in [3.8, 4) is 5.75 Å². The van der Waals surface area contributed by atoms with Crippen molar-refractivity contribution in [3.05, 3.63) is 131 Å². The topological polar surface area (TPSA) is 46.2 Å². The number of hydrogen-bond acceptors (Lipinski definition) is 6. The second-order valence-electron chi connectivity index (χ2n) is 9.86. The molecule has 1 heterocycles. The minimum absolute atomic E-state index is 0.248. The summed E-state index contributed by atoms with van der Waals surface area (Å²) in [4.78, 5) is 1.13. The molecule has 40 heavy (non-hydrogen) atoms. The third-order valence-corrected chi connectivity index (χ3v) is 7.98. The van der Waals surface area contributed by atoms with Gasteiger partial charge in [-0.25, -0.2) is 0 Å². The molecule has 208 valence electrons. The van der Waals surface area contributed by atoms with Gasteiger partial charge in [0.05, 0.1) is 33.5 Å². The number of aryl methyl sites for hydroxylation is 1. The van der Waals surface area contributed by atoms with Gasteiger partial charge in [0.2, 0.25) is 0 Å². The van der Waals surface area contributed by atoms with Gasteiger partial charge in [0.15, 0.2) is 0 Å². The predicted molar refractivity (Wildman–Crippen MR) is 158 cm³/mol. The molecule has 4 atom stereocenters. The van der Waals surface area contributed by atoms with Crippen molar-refractivity contribution in [3.63, 3.8) is 0 Å². The standard InChI is InChI=1S/C34H36O5S/c1-25-13-19-30(20-14-25)40-34-33(38-23-27-11-7-4-8-12-27)32(37-22-26-9-5-3-6-10-26)31(39-34)24-36-21-28-15-17-29(35-2)18-16-28/h3-20,31-34H,21-24H2,1-2H3/t31-,32-,33+,34-/m1/s1. The van der Waals surface area contributed by atoms with Gasteiger partial charge < -0.3 is 23.7 Å². The van der Waals surface area contributed by atoms with Crippen molar-refractivity contribution in [2.24, 2.45) is 0 Å². The van der Waals surface area contributed by atoms with Crippen LogP contribution in [0.1, 0.15) is 22.3 Å². The van der Waals surface area contributed by atoms with E-state index in [1.165, 1.54) is 5.56 Å². The van der Waals surface area contributed by atoms with Crippen LogP contribution in [0.4, 0.5) is 0 Å². The zero-order valence-electron chi connectivity index (χ0n) is 23.0. The zero-order valence-corrected chi connectivity index (χ0v) is 23.8. The summed E-state index contributed by atoms with van der Waals surface area (Å²) in [6.45, 7) is 3.90. The lowest BCUT2D eigenvalue weighted by Gasteiger charge is -2.25. The Kier molecular flexibility index (Phi) is 10.3. The average Bonchev–Trinajstić information content (AvgIpc) is 3.32. The SMILES string of the molecule is COc1ccc(COC[C@H]2O[C@H](Sc3ccc(C)cc3)[C@@H](OCc3ccccc3)[C@@H]2OCc2ccccc2)cc1. The van der Waals surface area contributed by atoms with Crippen LogP contribution in [0.5, 0.6) is 5.75 Å². The van der Waals surface area contributed by atoms with Crippen LogP contribution in [0, 0.1) is 6.92 Å². The highest BCUT2D eigenvalue weighted by Crippen LogP contribution is 2.38. The molecule has 0 N–H and O–H groups in total. The molecule has 0 spiro atoms. The molecule has 4 aromatic carbocycles. The van der Waals surface area contributed by atoms with Crippen LogP contribution in [0.3, 0.4) is 0 Å². The van der Waals surface area contributed by atoms with Gasteiger partial charge in [-0.05, 0) is 47.9 Å². The Morgan fingerprint density at radius 2 is 1.23 bits per heavy atom. The highest BCUT2D eigenvalue weighted by Gasteiger charge is 2.47. The third kappa shape index (κ3) is 7.96. The molecule has 0 radical (unpaired) electrons. The molecule has 6 heteroatoms. The van der Waals surface area contributed by atoms with E-state index in [1.54, 1.807) is 18.9 Å². The lowest BCUT2D eigenvalue weighted by atomic mass is 10.1. The lowest BCUT2D eigenvalue weighted by molar-refractivity contribution is -0.0896. The van der Waals surface area contributed by atoms with Crippen molar-refractivity contribution >= 4 is 11.8 Å². The molecule has 0 bridgehead atoms. The Morgan fingerprint density at radius 3 is 1.82 bits per heavy atom. The second-order valence-corrected chi connectivity index (χ2v) is 11.0. The minimum Gasteiger partial charge on any atom is -0.497 e. The van der Waals surface area contributed by atoms with E-state index >= 15 is 0 Å². The Hall–Kier alpha value is -3.13. The third-order valence-electron chi connectivity index (χ3n) is 6.82. The van der Waals surface area contributed by atoms with E-state index in [0.29, 0.717) is 26.4 Å². The molecule has 1 saturated heterocycles. The fraction of sp³-hybridized carbons (Fsp3) is 0.294. The zero-order chi connectivity index (χ0) is 27.6. The van der Waals surface area contributed by atoms with Gasteiger partial charge in [-0.1, -0.05) is 102 Å². The summed E-state index contributed by atoms with van der Waals surface area (Å²) in [5, 5.41) is 0. The summed E-state index contributed by atoms with van der Waals surface area (Å²) >= 11 is 1.67. The van der Waals surface area contributed by atoms with Crippen molar-refractivity contribution < 1.29 is 23.7 Å². The fourth-order valence-electron chi connectivity index (χ4n) is 4.60. The van der Waals surface area contributed by atoms with Crippen LogP contribution in [0.15, 0.2) is 114 Å². The Labute approximate surface area is 241 Å². The average molecular weight is 557 g/mol. The van der Waals surface area contributed by atoms with Crippen LogP contribution in [0.2, 0.25) is 0 Å². The van der Waals surface area contributed by atoms with Crippen molar-refractivity contribution in [1.82, 2.24) is 0 Å². The van der Waals surface area contributed by atoms with Crippen molar-refractivity contribution in [1.29, 1.82) is 0 Å². The summed E-state index contributed by atoms with van der Waals surface area (Å²) in [7, 11) is 1.67. The minimum atomic E-state index is -0.303. The highest BCUT2D eigenvalue weighted by atomic mass is 32.2. The number of methoxy groups -OCH3 is 1. The molecular formula is C34H36O5S. The van der Waals surface area contributed by atoms with E-state index in [2.05, 4.69) is 55.5 Å². The van der Waals surface area contributed by atoms with Gasteiger partial charge >= 0.3 is 0 Å². The first-order valence-electron chi connectivity index (χ1n) is 13.6. The van der Waals surface area contributed by atoms with E-state index in [0.717, 1.165) is 27.3 Å². The van der Waals surface area contributed by atoms with Gasteiger partial charge in [0.1, 0.15) is 29.5 Å². The molecule has 5 rings (SSSR count). The van der Waals surface area contributed by atoms with Crippen LogP contribution in [0.25, 0.3) is 0 Å². The largest absolute Gasteiger partial charge is 0.497 e. The lowest BCUT2D eigenvalue weighted by Crippen LogP contribution is -2.38. The molecule has 0 saturated carbocycles. The predicted octanol–water partition coefficient (Wildman–Crippen LogP) is 7.21. The Bertz CT molecular complexity index is 1280. The summed E-state index contributed by atoms with van der Waals surface area (Å²) in [6, 6.07) is 36.9. The van der Waals surface area contributed by atoms with Gasteiger partial charge in [0.25, 0.3) is 0 Å².